The Bertz CT molecular complexity index is 1630. The molecule has 1 aliphatic heterocycles. The van der Waals surface area contributed by atoms with Crippen LogP contribution in [0.2, 0.25) is 0 Å². The number of halogens is 1. The molecule has 2 aromatic rings. The van der Waals surface area contributed by atoms with Crippen molar-refractivity contribution < 1.29 is 23.2 Å². The van der Waals surface area contributed by atoms with Gasteiger partial charge in [-0.2, -0.15) is 10.2 Å². The first-order valence-corrected chi connectivity index (χ1v) is 18.1. The fourth-order valence-electron chi connectivity index (χ4n) is 7.52. The number of likely N-dealkylation sites (tertiary alicyclic amines) is 1. The van der Waals surface area contributed by atoms with Gasteiger partial charge in [0.2, 0.25) is 5.89 Å². The molecule has 0 bridgehead atoms. The Morgan fingerprint density at radius 1 is 1.20 bits per heavy atom. The van der Waals surface area contributed by atoms with E-state index >= 15 is 0 Å². The second-order valence-electron chi connectivity index (χ2n) is 14.9. The third-order valence-electron chi connectivity index (χ3n) is 10.4. The Kier molecular flexibility index (Phi) is 14.2. The van der Waals surface area contributed by atoms with E-state index in [-0.39, 0.29) is 35.7 Å². The van der Waals surface area contributed by atoms with E-state index in [1.807, 2.05) is 68.3 Å². The summed E-state index contributed by atoms with van der Waals surface area (Å²) < 4.78 is 32.6. The van der Waals surface area contributed by atoms with Crippen molar-refractivity contribution in [2.75, 3.05) is 20.2 Å². The van der Waals surface area contributed by atoms with E-state index in [1.54, 1.807) is 0 Å². The maximum atomic E-state index is 14.1. The van der Waals surface area contributed by atoms with Crippen LogP contribution in [-0.2, 0) is 19.7 Å². The zero-order chi connectivity index (χ0) is 37.1. The number of carbonyl (C=O) groups is 1. The lowest BCUT2D eigenvalue weighted by atomic mass is 9.81. The van der Waals surface area contributed by atoms with Crippen LogP contribution in [0.5, 0.6) is 0 Å². The predicted octanol–water partition coefficient (Wildman–Crippen LogP) is 9.17. The molecule has 4 rings (SSSR count). The third kappa shape index (κ3) is 10.9. The molecule has 0 radical (unpaired) electrons. The van der Waals surface area contributed by atoms with Crippen LogP contribution in [0.15, 0.2) is 78.3 Å². The largest absolute Gasteiger partial charge is 0.497 e. The zero-order valence-corrected chi connectivity index (χ0v) is 31.1. The number of rotatable bonds is 17. The van der Waals surface area contributed by atoms with E-state index in [0.717, 1.165) is 42.4 Å². The summed E-state index contributed by atoms with van der Waals surface area (Å²) in [5.41, 5.74) is 2.34. The van der Waals surface area contributed by atoms with E-state index in [1.165, 1.54) is 6.08 Å². The van der Waals surface area contributed by atoms with Crippen LogP contribution < -0.4 is 0 Å². The number of nitrogens with zero attached hydrogens (tertiary/aromatic N) is 4. The molecule has 9 heteroatoms. The van der Waals surface area contributed by atoms with Gasteiger partial charge in [0.25, 0.3) is 0 Å². The van der Waals surface area contributed by atoms with Gasteiger partial charge in [0.1, 0.15) is 23.8 Å². The first-order chi connectivity index (χ1) is 24.3. The minimum absolute atomic E-state index is 0.0456. The molecule has 1 aliphatic carbocycles. The number of likely N-dealkylation sites (N-methyl/N-ethyl adjacent to an activating group) is 1. The van der Waals surface area contributed by atoms with Crippen LogP contribution in [0.3, 0.4) is 0 Å². The summed E-state index contributed by atoms with van der Waals surface area (Å²) in [4.78, 5) is 18.9. The van der Waals surface area contributed by atoms with Crippen molar-refractivity contribution in [3.05, 3.63) is 96.6 Å². The number of alkyl halides is 1. The second kappa shape index (κ2) is 18.3. The van der Waals surface area contributed by atoms with Crippen molar-refractivity contribution in [1.82, 2.24) is 15.0 Å². The lowest BCUT2D eigenvalue weighted by molar-refractivity contribution is -0.115. The van der Waals surface area contributed by atoms with E-state index in [2.05, 4.69) is 44.8 Å². The summed E-state index contributed by atoms with van der Waals surface area (Å²) in [5, 5.41) is 13.8. The number of aromatic nitrogens is 2. The highest BCUT2D eigenvalue weighted by Crippen LogP contribution is 2.36. The maximum Gasteiger partial charge on any atom is 0.237 e. The van der Waals surface area contributed by atoms with Crippen molar-refractivity contribution >= 4 is 17.4 Å². The maximum absolute atomic E-state index is 14.1. The van der Waals surface area contributed by atoms with Gasteiger partial charge in [0.15, 0.2) is 11.6 Å². The predicted molar refractivity (Wildman–Crippen MR) is 200 cm³/mol. The third-order valence-corrected chi connectivity index (χ3v) is 10.4. The molecule has 2 heterocycles. The van der Waals surface area contributed by atoms with Crippen LogP contribution in [0, 0.1) is 29.1 Å². The molecule has 51 heavy (non-hydrogen) atoms. The van der Waals surface area contributed by atoms with E-state index < -0.39 is 11.6 Å². The van der Waals surface area contributed by atoms with Gasteiger partial charge in [-0.1, -0.05) is 61.3 Å². The monoisotopic (exact) mass is 698 g/mol. The number of ketones is 1. The topological polar surface area (TPSA) is 101 Å². The van der Waals surface area contributed by atoms with Crippen molar-refractivity contribution in [2.24, 2.45) is 17.8 Å². The quantitative estimate of drug-likeness (QED) is 0.0698. The van der Waals surface area contributed by atoms with Crippen LogP contribution in [-0.4, -0.2) is 59.3 Å². The SMILES string of the molecule is C=CC(=O)CC1CC[C@H](CO/C(=C/C(=C)O[C@@H](C)[C@@H]2C[C@@H](F)CN2C)C/C=C(\C)c2noc(C(C)(C)c3ccccc3C=C)n2)C[C@@H](CC#N)C1. The fraction of sp³-hybridized carbons (Fsp3) is 0.524. The van der Waals surface area contributed by atoms with E-state index in [0.29, 0.717) is 62.1 Å². The highest BCUT2D eigenvalue weighted by molar-refractivity contribution is 5.89. The van der Waals surface area contributed by atoms with Crippen LogP contribution in [0.1, 0.15) is 102 Å². The molecule has 2 fully saturated rings. The van der Waals surface area contributed by atoms with Crippen LogP contribution >= 0.6 is 0 Å². The molecule has 0 spiro atoms. The molecule has 8 nitrogen and oxygen atoms in total. The first-order valence-electron chi connectivity index (χ1n) is 18.1. The Balaban J connectivity index is 1.51. The molecule has 0 N–H and O–H groups in total. The van der Waals surface area contributed by atoms with Gasteiger partial charge in [-0.05, 0) is 107 Å². The summed E-state index contributed by atoms with van der Waals surface area (Å²) in [5.74, 6) is 2.82. The summed E-state index contributed by atoms with van der Waals surface area (Å²) in [6.07, 6.45) is 11.2. The van der Waals surface area contributed by atoms with Crippen LogP contribution in [0.25, 0.3) is 11.6 Å². The smallest absolute Gasteiger partial charge is 0.237 e. The minimum Gasteiger partial charge on any atom is -0.497 e. The minimum atomic E-state index is -0.867. The summed E-state index contributed by atoms with van der Waals surface area (Å²) in [6.45, 7) is 20.6. The molecule has 1 aromatic heterocycles. The van der Waals surface area contributed by atoms with Crippen molar-refractivity contribution in [1.29, 1.82) is 5.26 Å². The van der Waals surface area contributed by atoms with Gasteiger partial charge in [-0.15, -0.1) is 0 Å². The number of hydrogen-bond donors (Lipinski definition) is 0. The Morgan fingerprint density at radius 2 is 1.92 bits per heavy atom. The standard InChI is InChI=1S/C42H55FN4O4/c1-9-34-13-11-12-14-38(34)42(6,7)41-45-40(46-51-41)28(3)15-18-37(21-29(4)50-30(5)39-25-35(43)26-47(39)8)49-27-33-17-16-31(24-36(48)10-2)22-32(23-33)19-20-44/h9-15,21,30-33,35,39H,1-2,4,16-19,22-27H2,3,5-8H3/b28-15+,37-21+/t30-,31?,32-,33-,35+,39-/m0/s1. The molecule has 1 saturated carbocycles. The molecule has 6 atom stereocenters. The summed E-state index contributed by atoms with van der Waals surface area (Å²) in [6, 6.07) is 10.3. The number of hydrogen-bond acceptors (Lipinski definition) is 8. The number of carbonyl (C=O) groups excluding carboxylic acids is 1. The number of benzene rings is 1. The molecule has 1 unspecified atom stereocenters. The first kappa shape index (κ1) is 39.5. The van der Waals surface area contributed by atoms with Crippen LogP contribution in [0.4, 0.5) is 4.39 Å². The molecule has 1 aromatic carbocycles. The average Bonchev–Trinajstić information content (AvgIpc) is 3.69. The van der Waals surface area contributed by atoms with E-state index in [4.69, 9.17) is 19.0 Å². The normalized spacial score (nSPS) is 23.9. The van der Waals surface area contributed by atoms with Gasteiger partial charge in [-0.25, -0.2) is 4.39 Å². The van der Waals surface area contributed by atoms with Gasteiger partial charge >= 0.3 is 0 Å². The molecule has 274 valence electrons. The lowest BCUT2D eigenvalue weighted by Gasteiger charge is -2.26. The Morgan fingerprint density at radius 3 is 2.61 bits per heavy atom. The number of allylic oxidation sites excluding steroid dienone is 4. The fourth-order valence-corrected chi connectivity index (χ4v) is 7.52. The second-order valence-corrected chi connectivity index (χ2v) is 14.9. The number of nitriles is 1. The average molecular weight is 699 g/mol. The Labute approximate surface area is 303 Å². The van der Waals surface area contributed by atoms with Gasteiger partial charge in [-0.3, -0.25) is 9.69 Å². The van der Waals surface area contributed by atoms with Gasteiger partial charge in [0, 0.05) is 37.9 Å². The van der Waals surface area contributed by atoms with Gasteiger partial charge in [0.05, 0.1) is 18.1 Å². The van der Waals surface area contributed by atoms with Gasteiger partial charge < -0.3 is 14.0 Å². The highest BCUT2D eigenvalue weighted by Gasteiger charge is 2.35. The van der Waals surface area contributed by atoms with Crippen molar-refractivity contribution in [3.8, 4) is 6.07 Å². The van der Waals surface area contributed by atoms with Crippen molar-refractivity contribution in [2.45, 2.75) is 103 Å². The summed E-state index contributed by atoms with van der Waals surface area (Å²) in [7, 11) is 1.91. The molecule has 1 saturated heterocycles. The molecular formula is C42H55FN4O4. The Hall–Kier alpha value is -4.29. The molecule has 0 amide bonds. The number of ether oxygens (including phenoxy) is 2. The summed E-state index contributed by atoms with van der Waals surface area (Å²) >= 11 is 0. The highest BCUT2D eigenvalue weighted by atomic mass is 19.1. The zero-order valence-electron chi connectivity index (χ0n) is 31.1. The lowest BCUT2D eigenvalue weighted by Crippen LogP contribution is -2.35. The van der Waals surface area contributed by atoms with Crippen molar-refractivity contribution in [3.63, 3.8) is 0 Å². The van der Waals surface area contributed by atoms with E-state index in [9.17, 15) is 14.4 Å². The molecule has 2 aliphatic rings. The molecular weight excluding hydrogens is 643 g/mol.